The average Bonchev–Trinajstić information content (AvgIpc) is 2.72. The third-order valence-corrected chi connectivity index (χ3v) is 5.84. The van der Waals surface area contributed by atoms with Crippen molar-refractivity contribution in [1.82, 2.24) is 9.97 Å². The predicted molar refractivity (Wildman–Crippen MR) is 93.3 cm³/mol. The van der Waals surface area contributed by atoms with Crippen molar-refractivity contribution in [2.45, 2.75) is 0 Å². The molecule has 0 fully saturated rings. The van der Waals surface area contributed by atoms with Crippen molar-refractivity contribution in [1.29, 1.82) is 0 Å². The molecule has 2 heterocycles. The Kier molecular flexibility index (Phi) is 4.28. The van der Waals surface area contributed by atoms with Gasteiger partial charge in [0.25, 0.3) is 0 Å². The minimum Gasteiger partial charge on any atom is -0.226 e. The molecule has 0 unspecified atom stereocenters. The predicted octanol–water partition coefficient (Wildman–Crippen LogP) is 6.84. The lowest BCUT2D eigenvalue weighted by Gasteiger charge is -2.06. The highest BCUT2D eigenvalue weighted by molar-refractivity contribution is 9.12. The summed E-state index contributed by atoms with van der Waals surface area (Å²) in [5.41, 5.74) is 1.39. The Bertz CT molecular complexity index is 835. The summed E-state index contributed by atoms with van der Waals surface area (Å²) in [6.07, 6.45) is 0. The van der Waals surface area contributed by atoms with Gasteiger partial charge in [-0.05, 0) is 50.1 Å². The van der Waals surface area contributed by atoms with Crippen LogP contribution in [0.2, 0.25) is 15.2 Å². The molecule has 0 saturated carbocycles. The zero-order valence-electron chi connectivity index (χ0n) is 9.42. The van der Waals surface area contributed by atoms with Gasteiger partial charge in [-0.2, -0.15) is 0 Å². The third-order valence-electron chi connectivity index (χ3n) is 2.60. The number of benzene rings is 1. The quantitative estimate of drug-likeness (QED) is 0.362. The summed E-state index contributed by atoms with van der Waals surface area (Å²) < 4.78 is 1.88. The van der Waals surface area contributed by atoms with Crippen molar-refractivity contribution < 1.29 is 0 Å². The van der Waals surface area contributed by atoms with Crippen molar-refractivity contribution in [2.24, 2.45) is 0 Å². The fraction of sp³-hybridized carbons (Fsp3) is 0. The Morgan fingerprint density at radius 2 is 1.70 bits per heavy atom. The Balaban J connectivity index is 2.35. The molecule has 8 heteroatoms. The molecule has 3 rings (SSSR count). The molecule has 0 amide bonds. The molecule has 0 saturated heterocycles. The monoisotopic (exact) mass is 470 g/mol. The molecule has 2 aromatic heterocycles. The van der Waals surface area contributed by atoms with Crippen LogP contribution in [0, 0.1) is 0 Å². The van der Waals surface area contributed by atoms with Crippen molar-refractivity contribution in [3.05, 3.63) is 41.0 Å². The van der Waals surface area contributed by atoms with Crippen LogP contribution in [0.1, 0.15) is 0 Å². The molecular formula is C12H3Br2Cl3N2S. The second kappa shape index (κ2) is 5.71. The van der Waals surface area contributed by atoms with Gasteiger partial charge < -0.3 is 0 Å². The van der Waals surface area contributed by atoms with Crippen LogP contribution >= 0.6 is 78.0 Å². The summed E-state index contributed by atoms with van der Waals surface area (Å²) in [4.78, 5) is 8.80. The largest absolute Gasteiger partial charge is 0.226 e. The molecular weight excluding hydrogens is 470 g/mol. The summed E-state index contributed by atoms with van der Waals surface area (Å²) in [5.74, 6) is 0.500. The van der Waals surface area contributed by atoms with Gasteiger partial charge in [-0.1, -0.05) is 34.8 Å². The first-order chi connectivity index (χ1) is 9.47. The zero-order valence-corrected chi connectivity index (χ0v) is 15.7. The Morgan fingerprint density at radius 3 is 2.35 bits per heavy atom. The van der Waals surface area contributed by atoms with Gasteiger partial charge in [-0.3, -0.25) is 0 Å². The Hall–Kier alpha value is 0.0900. The van der Waals surface area contributed by atoms with Crippen LogP contribution in [0.3, 0.4) is 0 Å². The number of thiophene rings is 1. The summed E-state index contributed by atoms with van der Waals surface area (Å²) in [7, 11) is 0. The van der Waals surface area contributed by atoms with Gasteiger partial charge in [0.15, 0.2) is 5.82 Å². The fourth-order valence-corrected chi connectivity index (χ4v) is 5.29. The van der Waals surface area contributed by atoms with Crippen LogP contribution in [0.4, 0.5) is 0 Å². The highest BCUT2D eigenvalue weighted by atomic mass is 79.9. The molecule has 0 aliphatic carbocycles. The van der Waals surface area contributed by atoms with Gasteiger partial charge in [0.2, 0.25) is 0 Å². The van der Waals surface area contributed by atoms with Crippen LogP contribution in [-0.2, 0) is 0 Å². The summed E-state index contributed by atoms with van der Waals surface area (Å²) in [6, 6.07) is 5.29. The van der Waals surface area contributed by atoms with Crippen molar-refractivity contribution in [3.8, 4) is 11.4 Å². The molecule has 0 aliphatic heterocycles. The molecule has 0 radical (unpaired) electrons. The number of nitrogens with zero attached hydrogens (tertiary/aromatic N) is 2. The number of hydrogen-bond acceptors (Lipinski definition) is 3. The van der Waals surface area contributed by atoms with E-state index in [0.29, 0.717) is 26.8 Å². The van der Waals surface area contributed by atoms with E-state index >= 15 is 0 Å². The second-order valence-corrected chi connectivity index (χ2v) is 8.75. The first-order valence-electron chi connectivity index (χ1n) is 5.24. The normalized spacial score (nSPS) is 11.2. The number of hydrogen-bond donors (Lipinski definition) is 0. The van der Waals surface area contributed by atoms with Crippen LogP contribution < -0.4 is 0 Å². The maximum Gasteiger partial charge on any atom is 0.163 e. The van der Waals surface area contributed by atoms with Gasteiger partial charge in [0, 0.05) is 5.56 Å². The van der Waals surface area contributed by atoms with Crippen LogP contribution in [0.15, 0.2) is 25.8 Å². The Labute approximate surface area is 150 Å². The van der Waals surface area contributed by atoms with Crippen molar-refractivity contribution in [2.75, 3.05) is 0 Å². The summed E-state index contributed by atoms with van der Waals surface area (Å²) in [6.45, 7) is 0. The molecule has 102 valence electrons. The highest BCUT2D eigenvalue weighted by Gasteiger charge is 2.16. The Morgan fingerprint density at radius 1 is 1.00 bits per heavy atom. The molecule has 0 N–H and O–H groups in total. The third kappa shape index (κ3) is 2.60. The summed E-state index contributed by atoms with van der Waals surface area (Å²) >= 11 is 27.0. The van der Waals surface area contributed by atoms with E-state index in [9.17, 15) is 0 Å². The number of aromatic nitrogens is 2. The van der Waals surface area contributed by atoms with Gasteiger partial charge in [-0.25, -0.2) is 9.97 Å². The minimum absolute atomic E-state index is 0.284. The fourth-order valence-electron chi connectivity index (χ4n) is 1.74. The van der Waals surface area contributed by atoms with Gasteiger partial charge in [0.05, 0.1) is 28.5 Å². The van der Waals surface area contributed by atoms with E-state index in [1.165, 1.54) is 11.3 Å². The molecule has 1 aromatic carbocycles. The van der Waals surface area contributed by atoms with E-state index < -0.39 is 0 Å². The van der Waals surface area contributed by atoms with Gasteiger partial charge in [0.1, 0.15) is 5.15 Å². The lowest BCUT2D eigenvalue weighted by atomic mass is 10.2. The SMILES string of the molecule is Clc1ccc(Cl)c2c(Cl)nc(-c3cc(Br)sc3Br)nc12. The minimum atomic E-state index is 0.284. The standard InChI is InChI=1S/C12H3Br2Cl3N2S/c13-7-3-4(10(14)20-7)12-18-9-6(16)2-1-5(15)8(9)11(17)19-12/h1-3H. The highest BCUT2D eigenvalue weighted by Crippen LogP contribution is 2.40. The van der Waals surface area contributed by atoms with Crippen molar-refractivity contribution >= 4 is 88.9 Å². The molecule has 0 spiro atoms. The number of halogens is 5. The second-order valence-electron chi connectivity index (χ2n) is 3.83. The van der Waals surface area contributed by atoms with E-state index in [1.807, 2.05) is 6.07 Å². The van der Waals surface area contributed by atoms with Gasteiger partial charge >= 0.3 is 0 Å². The maximum atomic E-state index is 6.23. The van der Waals surface area contributed by atoms with E-state index in [1.54, 1.807) is 12.1 Å². The lowest BCUT2D eigenvalue weighted by Crippen LogP contribution is -1.92. The maximum absolute atomic E-state index is 6.23. The summed E-state index contributed by atoms with van der Waals surface area (Å²) in [5, 5.41) is 1.81. The molecule has 3 aromatic rings. The number of fused-ring (bicyclic) bond motifs is 1. The molecule has 20 heavy (non-hydrogen) atoms. The zero-order chi connectivity index (χ0) is 14.4. The van der Waals surface area contributed by atoms with E-state index in [0.717, 1.165) is 13.1 Å². The van der Waals surface area contributed by atoms with Gasteiger partial charge in [-0.15, -0.1) is 11.3 Å². The van der Waals surface area contributed by atoms with Crippen LogP contribution in [0.5, 0.6) is 0 Å². The van der Waals surface area contributed by atoms with E-state index in [2.05, 4.69) is 41.8 Å². The first kappa shape index (κ1) is 15.0. The van der Waals surface area contributed by atoms with E-state index in [-0.39, 0.29) is 5.15 Å². The molecule has 2 nitrogen and oxygen atoms in total. The molecule has 0 bridgehead atoms. The number of rotatable bonds is 1. The smallest absolute Gasteiger partial charge is 0.163 e. The first-order valence-corrected chi connectivity index (χ1v) is 8.77. The van der Waals surface area contributed by atoms with E-state index in [4.69, 9.17) is 34.8 Å². The van der Waals surface area contributed by atoms with Crippen molar-refractivity contribution in [3.63, 3.8) is 0 Å². The lowest BCUT2D eigenvalue weighted by molar-refractivity contribution is 1.23. The topological polar surface area (TPSA) is 25.8 Å². The van der Waals surface area contributed by atoms with Crippen LogP contribution in [0.25, 0.3) is 22.3 Å². The van der Waals surface area contributed by atoms with Crippen LogP contribution in [-0.4, -0.2) is 9.97 Å². The molecule has 0 atom stereocenters. The average molecular weight is 473 g/mol. The molecule has 0 aliphatic rings.